The Morgan fingerprint density at radius 1 is 0.960 bits per heavy atom. The zero-order chi connectivity index (χ0) is 17.6. The van der Waals surface area contributed by atoms with E-state index in [1.807, 2.05) is 37.3 Å². The van der Waals surface area contributed by atoms with E-state index in [4.69, 9.17) is 0 Å². The minimum atomic E-state index is -0.765. The summed E-state index contributed by atoms with van der Waals surface area (Å²) in [7, 11) is 0. The first-order valence-electron chi connectivity index (χ1n) is 7.59. The molecule has 0 fully saturated rings. The minimum absolute atomic E-state index is 0.103. The molecular weight excluding hydrogens is 342 g/mol. The van der Waals surface area contributed by atoms with Crippen LogP contribution in [0.1, 0.15) is 4.88 Å². The fraction of sp³-hybridized carbons (Fsp3) is 0.0526. The van der Waals surface area contributed by atoms with Crippen molar-refractivity contribution in [2.45, 2.75) is 6.92 Å². The van der Waals surface area contributed by atoms with Crippen LogP contribution < -0.4 is 5.56 Å². The van der Waals surface area contributed by atoms with Gasteiger partial charge in [-0.1, -0.05) is 36.4 Å². The molecular formula is C19H12F2N2OS. The van der Waals surface area contributed by atoms with Gasteiger partial charge in [-0.25, -0.2) is 13.8 Å². The van der Waals surface area contributed by atoms with Crippen molar-refractivity contribution in [1.29, 1.82) is 0 Å². The number of halogens is 2. The molecule has 0 saturated heterocycles. The quantitative estimate of drug-likeness (QED) is 0.556. The van der Waals surface area contributed by atoms with Crippen LogP contribution in [0.2, 0.25) is 0 Å². The Balaban J connectivity index is 2.01. The Hall–Kier alpha value is -2.86. The van der Waals surface area contributed by atoms with Crippen molar-refractivity contribution in [3.8, 4) is 22.5 Å². The number of thiophene rings is 1. The predicted molar refractivity (Wildman–Crippen MR) is 95.8 cm³/mol. The Bertz CT molecular complexity index is 1130. The number of H-pyrrole nitrogens is 1. The monoisotopic (exact) mass is 354 g/mol. The molecule has 0 spiro atoms. The van der Waals surface area contributed by atoms with Crippen LogP contribution in [0, 0.1) is 18.6 Å². The number of nitrogens with one attached hydrogen (secondary N) is 1. The number of nitrogens with zero attached hydrogens (tertiary/aromatic N) is 1. The van der Waals surface area contributed by atoms with Crippen molar-refractivity contribution >= 4 is 21.6 Å². The molecule has 3 nitrogen and oxygen atoms in total. The molecule has 6 heteroatoms. The summed E-state index contributed by atoms with van der Waals surface area (Å²) in [5.41, 5.74) is 0.970. The topological polar surface area (TPSA) is 45.8 Å². The van der Waals surface area contributed by atoms with E-state index in [0.29, 0.717) is 10.2 Å². The molecule has 1 N–H and O–H groups in total. The molecule has 0 atom stereocenters. The average molecular weight is 354 g/mol. The maximum Gasteiger partial charge on any atom is 0.260 e. The van der Waals surface area contributed by atoms with Crippen LogP contribution in [-0.4, -0.2) is 9.97 Å². The van der Waals surface area contributed by atoms with E-state index < -0.39 is 17.2 Å². The van der Waals surface area contributed by atoms with E-state index in [0.717, 1.165) is 28.1 Å². The van der Waals surface area contributed by atoms with E-state index in [1.165, 1.54) is 17.4 Å². The first-order valence-corrected chi connectivity index (χ1v) is 8.41. The molecule has 124 valence electrons. The molecule has 0 bridgehead atoms. The Morgan fingerprint density at radius 2 is 1.64 bits per heavy atom. The van der Waals surface area contributed by atoms with Crippen LogP contribution in [0.15, 0.2) is 53.3 Å². The third-order valence-electron chi connectivity index (χ3n) is 4.00. The SMILES string of the molecule is Cc1sc2nc(-c3c(F)cccc3F)[nH]c(=O)c2c1-c1ccccc1. The van der Waals surface area contributed by atoms with Gasteiger partial charge in [0.1, 0.15) is 22.3 Å². The molecule has 0 aliphatic heterocycles. The number of hydrogen-bond acceptors (Lipinski definition) is 3. The van der Waals surface area contributed by atoms with E-state index in [-0.39, 0.29) is 11.4 Å². The summed E-state index contributed by atoms with van der Waals surface area (Å²) in [5.74, 6) is -1.63. The lowest BCUT2D eigenvalue weighted by atomic mass is 10.0. The summed E-state index contributed by atoms with van der Waals surface area (Å²) in [6, 6.07) is 13.1. The molecule has 25 heavy (non-hydrogen) atoms. The maximum atomic E-state index is 14.0. The Morgan fingerprint density at radius 3 is 2.32 bits per heavy atom. The van der Waals surface area contributed by atoms with Gasteiger partial charge in [-0.05, 0) is 24.6 Å². The second-order valence-electron chi connectivity index (χ2n) is 5.59. The maximum absolute atomic E-state index is 14.0. The summed E-state index contributed by atoms with van der Waals surface area (Å²) >= 11 is 1.33. The Labute approximate surface area is 145 Å². The molecule has 0 aliphatic carbocycles. The van der Waals surface area contributed by atoms with Gasteiger partial charge in [0.15, 0.2) is 0 Å². The summed E-state index contributed by atoms with van der Waals surface area (Å²) in [4.78, 5) is 20.9. The number of hydrogen-bond donors (Lipinski definition) is 1. The summed E-state index contributed by atoms with van der Waals surface area (Å²) < 4.78 is 28.0. The molecule has 0 radical (unpaired) electrons. The van der Waals surface area contributed by atoms with Crippen molar-refractivity contribution in [1.82, 2.24) is 9.97 Å². The standard InChI is InChI=1S/C19H12F2N2OS/c1-10-14(11-6-3-2-4-7-11)16-18(24)22-17(23-19(16)25-10)15-12(20)8-5-9-13(15)21/h2-9H,1H3,(H,22,23,24). The van der Waals surface area contributed by atoms with Gasteiger partial charge >= 0.3 is 0 Å². The third kappa shape index (κ3) is 2.55. The van der Waals surface area contributed by atoms with Crippen molar-refractivity contribution in [2.75, 3.05) is 0 Å². The number of aromatic nitrogens is 2. The van der Waals surface area contributed by atoms with Gasteiger partial charge in [0.2, 0.25) is 0 Å². The fourth-order valence-corrected chi connectivity index (χ4v) is 3.96. The first kappa shape index (κ1) is 15.7. The van der Waals surface area contributed by atoms with E-state index in [2.05, 4.69) is 9.97 Å². The van der Waals surface area contributed by atoms with Crippen molar-refractivity contribution in [3.63, 3.8) is 0 Å². The zero-order valence-electron chi connectivity index (χ0n) is 13.1. The molecule has 2 heterocycles. The highest BCUT2D eigenvalue weighted by atomic mass is 32.1. The molecule has 0 saturated carbocycles. The van der Waals surface area contributed by atoms with Gasteiger partial charge in [0.25, 0.3) is 5.56 Å². The first-order chi connectivity index (χ1) is 12.1. The highest BCUT2D eigenvalue weighted by molar-refractivity contribution is 7.19. The summed E-state index contributed by atoms with van der Waals surface area (Å²) in [6.07, 6.45) is 0. The number of fused-ring (bicyclic) bond motifs is 1. The molecule has 2 aromatic heterocycles. The lowest BCUT2D eigenvalue weighted by molar-refractivity contribution is 0.587. The summed E-state index contributed by atoms with van der Waals surface area (Å²) in [6.45, 7) is 1.90. The average Bonchev–Trinajstić information content (AvgIpc) is 2.92. The predicted octanol–water partition coefficient (Wildman–Crippen LogP) is 4.91. The number of aromatic amines is 1. The molecule has 2 aromatic carbocycles. The van der Waals surface area contributed by atoms with Crippen molar-refractivity contribution < 1.29 is 8.78 Å². The number of benzene rings is 2. The number of rotatable bonds is 2. The molecule has 0 aliphatic rings. The smallest absolute Gasteiger partial charge is 0.260 e. The lowest BCUT2D eigenvalue weighted by Crippen LogP contribution is -2.10. The van der Waals surface area contributed by atoms with Crippen LogP contribution in [0.25, 0.3) is 32.7 Å². The third-order valence-corrected chi connectivity index (χ3v) is 5.00. The molecule has 0 unspecified atom stereocenters. The highest BCUT2D eigenvalue weighted by Crippen LogP contribution is 2.36. The van der Waals surface area contributed by atoms with Crippen LogP contribution in [-0.2, 0) is 0 Å². The largest absolute Gasteiger partial charge is 0.306 e. The van der Waals surface area contributed by atoms with Gasteiger partial charge in [0, 0.05) is 10.4 Å². The van der Waals surface area contributed by atoms with Crippen molar-refractivity contribution in [2.24, 2.45) is 0 Å². The second kappa shape index (κ2) is 5.89. The van der Waals surface area contributed by atoms with Gasteiger partial charge in [-0.3, -0.25) is 4.79 Å². The van der Waals surface area contributed by atoms with E-state index in [1.54, 1.807) is 0 Å². The van der Waals surface area contributed by atoms with Crippen LogP contribution in [0.5, 0.6) is 0 Å². The van der Waals surface area contributed by atoms with Gasteiger partial charge < -0.3 is 4.98 Å². The van der Waals surface area contributed by atoms with Crippen molar-refractivity contribution in [3.05, 3.63) is 75.4 Å². The molecule has 4 aromatic rings. The second-order valence-corrected chi connectivity index (χ2v) is 6.79. The minimum Gasteiger partial charge on any atom is -0.306 e. The normalized spacial score (nSPS) is 11.2. The summed E-state index contributed by atoms with van der Waals surface area (Å²) in [5, 5.41) is 0.439. The van der Waals surface area contributed by atoms with Gasteiger partial charge in [0.05, 0.1) is 10.9 Å². The lowest BCUT2D eigenvalue weighted by Gasteiger charge is -2.05. The molecule has 0 amide bonds. The highest BCUT2D eigenvalue weighted by Gasteiger charge is 2.19. The van der Waals surface area contributed by atoms with Gasteiger partial charge in [-0.15, -0.1) is 11.3 Å². The van der Waals surface area contributed by atoms with E-state index in [9.17, 15) is 13.6 Å². The fourth-order valence-electron chi connectivity index (χ4n) is 2.91. The van der Waals surface area contributed by atoms with Gasteiger partial charge in [-0.2, -0.15) is 0 Å². The number of aryl methyl sites for hydroxylation is 1. The van der Waals surface area contributed by atoms with Crippen LogP contribution >= 0.6 is 11.3 Å². The van der Waals surface area contributed by atoms with Crippen LogP contribution in [0.3, 0.4) is 0 Å². The Kier molecular flexibility index (Phi) is 3.69. The molecule has 4 rings (SSSR count). The van der Waals surface area contributed by atoms with Crippen LogP contribution in [0.4, 0.5) is 8.78 Å². The van der Waals surface area contributed by atoms with E-state index >= 15 is 0 Å². The zero-order valence-corrected chi connectivity index (χ0v) is 14.0.